The lowest BCUT2D eigenvalue weighted by Gasteiger charge is -2.24. The number of carbonyl (C=O) groups excluding carboxylic acids is 1. The average Bonchev–Trinajstić information content (AvgIpc) is 2.83. The van der Waals surface area contributed by atoms with E-state index in [0.29, 0.717) is 12.5 Å². The third-order valence-corrected chi connectivity index (χ3v) is 3.16. The third kappa shape index (κ3) is 1.76. The van der Waals surface area contributed by atoms with Crippen molar-refractivity contribution in [3.63, 3.8) is 0 Å². The molecule has 2 atom stereocenters. The van der Waals surface area contributed by atoms with Crippen LogP contribution in [0.5, 0.6) is 0 Å². The second kappa shape index (κ2) is 4.13. The van der Waals surface area contributed by atoms with Crippen LogP contribution in [0.15, 0.2) is 11.0 Å². The maximum Gasteiger partial charge on any atom is 0.323 e. The predicted molar refractivity (Wildman–Crippen MR) is 57.1 cm³/mol. The number of hydrogen-bond donors (Lipinski definition) is 3. The van der Waals surface area contributed by atoms with E-state index in [1.54, 1.807) is 4.90 Å². The Balaban J connectivity index is 2.19. The van der Waals surface area contributed by atoms with E-state index >= 15 is 0 Å². The molecule has 16 heavy (non-hydrogen) atoms. The number of aliphatic hydroxyl groups excluding tert-OH is 1. The summed E-state index contributed by atoms with van der Waals surface area (Å²) in [5.41, 5.74) is -0.145. The van der Waals surface area contributed by atoms with Gasteiger partial charge in [0, 0.05) is 12.7 Å². The smallest absolute Gasteiger partial charge is 0.323 e. The second-order valence-corrected chi connectivity index (χ2v) is 4.17. The lowest BCUT2D eigenvalue weighted by atomic mass is 10.0. The van der Waals surface area contributed by atoms with Crippen LogP contribution < -0.4 is 5.69 Å². The molecule has 1 aliphatic rings. The molecular weight excluding hydrogens is 210 g/mol. The first-order valence-electron chi connectivity index (χ1n) is 5.33. The zero-order chi connectivity index (χ0) is 11.7. The highest BCUT2D eigenvalue weighted by molar-refractivity contribution is 5.92. The van der Waals surface area contributed by atoms with E-state index in [-0.39, 0.29) is 24.2 Å². The molecule has 6 nitrogen and oxygen atoms in total. The molecule has 1 aromatic rings. The van der Waals surface area contributed by atoms with Crippen molar-refractivity contribution in [3.8, 4) is 0 Å². The second-order valence-electron chi connectivity index (χ2n) is 4.17. The number of amides is 1. The molecule has 1 fully saturated rings. The Morgan fingerprint density at radius 3 is 3.00 bits per heavy atom. The van der Waals surface area contributed by atoms with Gasteiger partial charge in [-0.3, -0.25) is 4.79 Å². The molecule has 3 N–H and O–H groups in total. The number of H-pyrrole nitrogens is 2. The summed E-state index contributed by atoms with van der Waals surface area (Å²) < 4.78 is 0. The summed E-state index contributed by atoms with van der Waals surface area (Å²) in [5.74, 6) is 0.0568. The van der Waals surface area contributed by atoms with Crippen molar-refractivity contribution in [2.24, 2.45) is 5.92 Å². The third-order valence-electron chi connectivity index (χ3n) is 3.16. The Kier molecular flexibility index (Phi) is 2.82. The Morgan fingerprint density at radius 2 is 2.44 bits per heavy atom. The minimum absolute atomic E-state index is 0.0401. The molecule has 0 saturated carbocycles. The molecule has 0 aromatic carbocycles. The molecule has 2 unspecified atom stereocenters. The first-order valence-corrected chi connectivity index (χ1v) is 5.33. The Bertz CT molecular complexity index is 437. The number of imidazole rings is 1. The summed E-state index contributed by atoms with van der Waals surface area (Å²) in [4.78, 5) is 29.3. The fourth-order valence-corrected chi connectivity index (χ4v) is 2.14. The van der Waals surface area contributed by atoms with Crippen molar-refractivity contribution in [1.29, 1.82) is 0 Å². The number of nitrogens with one attached hydrogen (secondary N) is 2. The van der Waals surface area contributed by atoms with Gasteiger partial charge in [0.25, 0.3) is 5.91 Å². The zero-order valence-electron chi connectivity index (χ0n) is 9.06. The van der Waals surface area contributed by atoms with Gasteiger partial charge < -0.3 is 20.0 Å². The summed E-state index contributed by atoms with van der Waals surface area (Å²) in [6.45, 7) is 2.59. The van der Waals surface area contributed by atoms with Gasteiger partial charge in [0.15, 0.2) is 0 Å². The van der Waals surface area contributed by atoms with E-state index in [1.165, 1.54) is 6.20 Å². The lowest BCUT2D eigenvalue weighted by Crippen LogP contribution is -2.40. The van der Waals surface area contributed by atoms with E-state index in [0.717, 1.165) is 6.42 Å². The average molecular weight is 225 g/mol. The highest BCUT2D eigenvalue weighted by Gasteiger charge is 2.34. The number of aliphatic hydroxyl groups is 1. The Labute approximate surface area is 92.3 Å². The quantitative estimate of drug-likeness (QED) is 0.636. The topological polar surface area (TPSA) is 89.2 Å². The molecule has 0 radical (unpaired) electrons. The summed E-state index contributed by atoms with van der Waals surface area (Å²) in [6, 6.07) is -0.147. The van der Waals surface area contributed by atoms with Crippen molar-refractivity contribution >= 4 is 5.91 Å². The SMILES string of the molecule is CC1CCN(C(=O)c2c[nH]c(=O)[nH]2)C1CO. The summed E-state index contributed by atoms with van der Waals surface area (Å²) >= 11 is 0. The number of likely N-dealkylation sites (tertiary alicyclic amines) is 1. The van der Waals surface area contributed by atoms with Gasteiger partial charge in [-0.1, -0.05) is 6.92 Å². The van der Waals surface area contributed by atoms with Crippen LogP contribution in [0, 0.1) is 5.92 Å². The minimum Gasteiger partial charge on any atom is -0.394 e. The number of rotatable bonds is 2. The standard InChI is InChI=1S/C10H15N3O3/c1-6-2-3-13(8(6)5-14)9(15)7-4-11-10(16)12-7/h4,6,8,14H,2-3,5H2,1H3,(H2,11,12,16). The molecule has 2 rings (SSSR count). The fourth-order valence-electron chi connectivity index (χ4n) is 2.14. The summed E-state index contributed by atoms with van der Waals surface area (Å²) in [6.07, 6.45) is 2.24. The van der Waals surface area contributed by atoms with Crippen LogP contribution in [-0.4, -0.2) is 45.1 Å². The Hall–Kier alpha value is -1.56. The molecule has 88 valence electrons. The van der Waals surface area contributed by atoms with Gasteiger partial charge in [0.05, 0.1) is 12.6 Å². The summed E-state index contributed by atoms with van der Waals surface area (Å²) in [5, 5.41) is 9.23. The van der Waals surface area contributed by atoms with Crippen LogP contribution in [0.2, 0.25) is 0 Å². The van der Waals surface area contributed by atoms with E-state index in [4.69, 9.17) is 0 Å². The van der Waals surface area contributed by atoms with Crippen molar-refractivity contribution < 1.29 is 9.90 Å². The largest absolute Gasteiger partial charge is 0.394 e. The van der Waals surface area contributed by atoms with E-state index in [9.17, 15) is 14.7 Å². The molecule has 6 heteroatoms. The highest BCUT2D eigenvalue weighted by Crippen LogP contribution is 2.24. The van der Waals surface area contributed by atoms with E-state index < -0.39 is 5.69 Å². The molecule has 0 bridgehead atoms. The van der Waals surface area contributed by atoms with Crippen molar-refractivity contribution in [1.82, 2.24) is 14.9 Å². The van der Waals surface area contributed by atoms with Gasteiger partial charge in [0.1, 0.15) is 5.69 Å². The minimum atomic E-state index is -0.392. The van der Waals surface area contributed by atoms with Crippen molar-refractivity contribution in [3.05, 3.63) is 22.4 Å². The molecule has 1 aromatic heterocycles. The van der Waals surface area contributed by atoms with Crippen LogP contribution in [0.1, 0.15) is 23.8 Å². The van der Waals surface area contributed by atoms with Crippen LogP contribution in [0.4, 0.5) is 0 Å². The predicted octanol–water partition coefficient (Wildman–Crippen LogP) is -0.454. The molecule has 2 heterocycles. The molecule has 1 saturated heterocycles. The van der Waals surface area contributed by atoms with Crippen LogP contribution >= 0.6 is 0 Å². The zero-order valence-corrected chi connectivity index (χ0v) is 9.06. The highest BCUT2D eigenvalue weighted by atomic mass is 16.3. The van der Waals surface area contributed by atoms with Gasteiger partial charge in [-0.15, -0.1) is 0 Å². The lowest BCUT2D eigenvalue weighted by molar-refractivity contribution is 0.0643. The van der Waals surface area contributed by atoms with Crippen molar-refractivity contribution in [2.45, 2.75) is 19.4 Å². The molecule has 1 amide bonds. The van der Waals surface area contributed by atoms with E-state index in [2.05, 4.69) is 9.97 Å². The van der Waals surface area contributed by atoms with Gasteiger partial charge in [-0.25, -0.2) is 4.79 Å². The van der Waals surface area contributed by atoms with Gasteiger partial charge in [-0.2, -0.15) is 0 Å². The Morgan fingerprint density at radius 1 is 1.69 bits per heavy atom. The summed E-state index contributed by atoms with van der Waals surface area (Å²) in [7, 11) is 0. The van der Waals surface area contributed by atoms with Crippen LogP contribution in [0.3, 0.4) is 0 Å². The first-order chi connectivity index (χ1) is 7.63. The molecule has 0 aliphatic carbocycles. The maximum absolute atomic E-state index is 12.0. The molecular formula is C10H15N3O3. The number of nitrogens with zero attached hydrogens (tertiary/aromatic N) is 1. The number of aromatic amines is 2. The van der Waals surface area contributed by atoms with Gasteiger partial charge in [-0.05, 0) is 12.3 Å². The number of hydrogen-bond acceptors (Lipinski definition) is 3. The van der Waals surface area contributed by atoms with E-state index in [1.807, 2.05) is 6.92 Å². The molecule has 0 spiro atoms. The van der Waals surface area contributed by atoms with Crippen LogP contribution in [-0.2, 0) is 0 Å². The monoisotopic (exact) mass is 225 g/mol. The van der Waals surface area contributed by atoms with Gasteiger partial charge in [0.2, 0.25) is 0 Å². The fraction of sp³-hybridized carbons (Fsp3) is 0.600. The normalized spacial score (nSPS) is 25.0. The van der Waals surface area contributed by atoms with Gasteiger partial charge >= 0.3 is 5.69 Å². The van der Waals surface area contributed by atoms with Crippen LogP contribution in [0.25, 0.3) is 0 Å². The number of aromatic nitrogens is 2. The first kappa shape index (κ1) is 10.9. The molecule has 1 aliphatic heterocycles. The number of carbonyl (C=O) groups is 1. The van der Waals surface area contributed by atoms with Crippen molar-refractivity contribution in [2.75, 3.05) is 13.2 Å². The maximum atomic E-state index is 12.0.